The first kappa shape index (κ1) is 12.8. The fourth-order valence-corrected chi connectivity index (χ4v) is 1.31. The summed E-state index contributed by atoms with van der Waals surface area (Å²) in [5.41, 5.74) is 2.91. The minimum atomic E-state index is -0.325. The summed E-state index contributed by atoms with van der Waals surface area (Å²) in [4.78, 5) is 5.38. The highest BCUT2D eigenvalue weighted by Crippen LogP contribution is 2.32. The van der Waals surface area contributed by atoms with Crippen molar-refractivity contribution in [1.82, 2.24) is 5.48 Å². The molecule has 0 radical (unpaired) electrons. The maximum atomic E-state index is 9.64. The van der Waals surface area contributed by atoms with Gasteiger partial charge in [0, 0.05) is 0 Å². The van der Waals surface area contributed by atoms with Crippen molar-refractivity contribution < 1.29 is 15.1 Å². The van der Waals surface area contributed by atoms with Gasteiger partial charge in [0.25, 0.3) is 0 Å². The van der Waals surface area contributed by atoms with Crippen LogP contribution < -0.4 is 5.48 Å². The number of nitrogens with one attached hydrogen (secondary N) is 1. The predicted molar refractivity (Wildman–Crippen MR) is 62.2 cm³/mol. The zero-order valence-corrected chi connectivity index (χ0v) is 10.1. The van der Waals surface area contributed by atoms with Crippen molar-refractivity contribution in [2.45, 2.75) is 39.3 Å². The van der Waals surface area contributed by atoms with E-state index < -0.39 is 0 Å². The Balaban J connectivity index is 2.77. The molecule has 0 heterocycles. The van der Waals surface area contributed by atoms with E-state index in [1.807, 2.05) is 20.8 Å². The third kappa shape index (κ3) is 3.40. The Bertz CT molecular complexity index is 338. The predicted octanol–water partition coefficient (Wildman–Crippen LogP) is 2.48. The maximum absolute atomic E-state index is 9.64. The van der Waals surface area contributed by atoms with Crippen molar-refractivity contribution in [2.75, 3.05) is 0 Å². The molecule has 1 aromatic rings. The maximum Gasteiger partial charge on any atom is 0.124 e. The summed E-state index contributed by atoms with van der Waals surface area (Å²) in [5.74, 6) is 0.106. The summed E-state index contributed by atoms with van der Waals surface area (Å²) in [6, 6.07) is 4.36. The summed E-state index contributed by atoms with van der Waals surface area (Å²) in [7, 11) is 0. The molecule has 16 heavy (non-hydrogen) atoms. The van der Waals surface area contributed by atoms with Gasteiger partial charge in [0.05, 0.1) is 17.2 Å². The average Bonchev–Trinajstić information content (AvgIpc) is 2.13. The average molecular weight is 225 g/mol. The van der Waals surface area contributed by atoms with Gasteiger partial charge in [-0.25, -0.2) is 0 Å². The van der Waals surface area contributed by atoms with Gasteiger partial charge in [0.15, 0.2) is 0 Å². The highest BCUT2D eigenvalue weighted by molar-refractivity contribution is 5.44. The fraction of sp³-hybridized carbons (Fsp3) is 0.500. The molecule has 4 nitrogen and oxygen atoms in total. The molecule has 0 amide bonds. The number of hydrogen-bond donors (Lipinski definition) is 3. The molecule has 0 saturated heterocycles. The van der Waals surface area contributed by atoms with Gasteiger partial charge < -0.3 is 10.2 Å². The first-order chi connectivity index (χ1) is 7.31. The molecular formula is C12H19NO3. The summed E-state index contributed by atoms with van der Waals surface area (Å²) >= 11 is 0. The van der Waals surface area contributed by atoms with E-state index in [1.54, 1.807) is 13.0 Å². The second-order valence-electron chi connectivity index (χ2n) is 4.76. The Morgan fingerprint density at radius 3 is 2.12 bits per heavy atom. The summed E-state index contributed by atoms with van der Waals surface area (Å²) in [6.07, 6.45) is 0. The molecule has 1 rings (SSSR count). The Kier molecular flexibility index (Phi) is 3.78. The van der Waals surface area contributed by atoms with Crippen LogP contribution in [0.4, 0.5) is 0 Å². The van der Waals surface area contributed by atoms with Gasteiger partial charge >= 0.3 is 0 Å². The second-order valence-corrected chi connectivity index (χ2v) is 4.76. The minimum Gasteiger partial charge on any atom is -0.507 e. The van der Waals surface area contributed by atoms with E-state index in [0.717, 1.165) is 0 Å². The van der Waals surface area contributed by atoms with Gasteiger partial charge in [-0.3, -0.25) is 4.84 Å². The number of rotatable bonds is 3. The zero-order chi connectivity index (χ0) is 12.3. The molecule has 0 spiro atoms. The molecule has 3 N–H and O–H groups in total. The molecule has 1 atom stereocenters. The molecule has 0 aromatic heterocycles. The first-order valence-electron chi connectivity index (χ1n) is 5.25. The molecule has 1 unspecified atom stereocenters. The van der Waals surface area contributed by atoms with Crippen molar-refractivity contribution >= 4 is 0 Å². The quantitative estimate of drug-likeness (QED) is 0.692. The standard InChI is InChI=1S/C12H19NO3/c1-8(13-16-12(2,3)4)11-9(14)6-5-7-10(11)15/h5-8,13-15H,1-4H3. The van der Waals surface area contributed by atoms with Crippen LogP contribution >= 0.6 is 0 Å². The molecule has 1 aromatic carbocycles. The van der Waals surface area contributed by atoms with Crippen LogP contribution in [-0.4, -0.2) is 15.8 Å². The lowest BCUT2D eigenvalue weighted by Gasteiger charge is -2.24. The lowest BCUT2D eigenvalue weighted by atomic mass is 10.1. The van der Waals surface area contributed by atoms with Crippen LogP contribution in [0, 0.1) is 0 Å². The summed E-state index contributed by atoms with van der Waals surface area (Å²) in [5, 5.41) is 19.3. The van der Waals surface area contributed by atoms with Gasteiger partial charge in [0.1, 0.15) is 11.5 Å². The topological polar surface area (TPSA) is 61.7 Å². The van der Waals surface area contributed by atoms with Crippen LogP contribution in [-0.2, 0) is 4.84 Å². The number of hydroxylamine groups is 1. The van der Waals surface area contributed by atoms with E-state index in [9.17, 15) is 10.2 Å². The van der Waals surface area contributed by atoms with E-state index in [1.165, 1.54) is 12.1 Å². The molecule has 90 valence electrons. The Morgan fingerprint density at radius 2 is 1.69 bits per heavy atom. The van der Waals surface area contributed by atoms with Crippen molar-refractivity contribution in [3.8, 4) is 11.5 Å². The van der Waals surface area contributed by atoms with Crippen molar-refractivity contribution in [3.05, 3.63) is 23.8 Å². The fourth-order valence-electron chi connectivity index (χ4n) is 1.31. The molecule has 0 bridgehead atoms. The van der Waals surface area contributed by atoms with Gasteiger partial charge in [-0.15, -0.1) is 0 Å². The molecule has 0 saturated carbocycles. The lowest BCUT2D eigenvalue weighted by Crippen LogP contribution is -2.31. The number of aromatic hydroxyl groups is 2. The Hall–Kier alpha value is -1.26. The lowest BCUT2D eigenvalue weighted by molar-refractivity contribution is -0.0870. The number of phenols is 2. The van der Waals surface area contributed by atoms with Crippen molar-refractivity contribution in [2.24, 2.45) is 0 Å². The molecule has 0 aliphatic heterocycles. The van der Waals surface area contributed by atoms with Gasteiger partial charge in [-0.1, -0.05) is 6.07 Å². The van der Waals surface area contributed by atoms with Crippen LogP contribution in [0.2, 0.25) is 0 Å². The van der Waals surface area contributed by atoms with E-state index in [0.29, 0.717) is 5.56 Å². The number of hydrogen-bond acceptors (Lipinski definition) is 4. The smallest absolute Gasteiger partial charge is 0.124 e. The molecule has 0 fully saturated rings. The molecule has 0 aliphatic rings. The van der Waals surface area contributed by atoms with Crippen LogP contribution in [0.3, 0.4) is 0 Å². The summed E-state index contributed by atoms with van der Waals surface area (Å²) < 4.78 is 0. The van der Waals surface area contributed by atoms with Gasteiger partial charge in [-0.05, 0) is 39.8 Å². The monoisotopic (exact) mass is 225 g/mol. The first-order valence-corrected chi connectivity index (χ1v) is 5.25. The van der Waals surface area contributed by atoms with E-state index in [2.05, 4.69) is 5.48 Å². The van der Waals surface area contributed by atoms with E-state index in [-0.39, 0.29) is 23.1 Å². The highest BCUT2D eigenvalue weighted by Gasteiger charge is 2.18. The van der Waals surface area contributed by atoms with Crippen LogP contribution in [0.5, 0.6) is 11.5 Å². The SMILES string of the molecule is CC(NOC(C)(C)C)c1c(O)cccc1O. The highest BCUT2D eigenvalue weighted by atomic mass is 16.7. The second kappa shape index (κ2) is 4.72. The Labute approximate surface area is 95.8 Å². The van der Waals surface area contributed by atoms with Crippen LogP contribution in [0.1, 0.15) is 39.3 Å². The van der Waals surface area contributed by atoms with Crippen molar-refractivity contribution in [1.29, 1.82) is 0 Å². The molecule has 4 heteroatoms. The normalized spacial score (nSPS) is 13.8. The van der Waals surface area contributed by atoms with Crippen LogP contribution in [0.25, 0.3) is 0 Å². The zero-order valence-electron chi connectivity index (χ0n) is 10.1. The largest absolute Gasteiger partial charge is 0.507 e. The van der Waals surface area contributed by atoms with E-state index >= 15 is 0 Å². The Morgan fingerprint density at radius 1 is 1.19 bits per heavy atom. The molecule has 0 aliphatic carbocycles. The third-order valence-corrected chi connectivity index (χ3v) is 2.03. The van der Waals surface area contributed by atoms with Gasteiger partial charge in [0.2, 0.25) is 0 Å². The van der Waals surface area contributed by atoms with Gasteiger partial charge in [-0.2, -0.15) is 5.48 Å². The van der Waals surface area contributed by atoms with Crippen LogP contribution in [0.15, 0.2) is 18.2 Å². The van der Waals surface area contributed by atoms with Crippen molar-refractivity contribution in [3.63, 3.8) is 0 Å². The molecular weight excluding hydrogens is 206 g/mol. The summed E-state index contributed by atoms with van der Waals surface area (Å²) in [6.45, 7) is 7.55. The third-order valence-electron chi connectivity index (χ3n) is 2.03. The number of benzene rings is 1. The van der Waals surface area contributed by atoms with E-state index in [4.69, 9.17) is 4.84 Å². The minimum absolute atomic E-state index is 0.0532. The number of phenolic OH excluding ortho intramolecular Hbond substituents is 2.